The molecule has 0 aromatic carbocycles. The van der Waals surface area contributed by atoms with Crippen molar-refractivity contribution in [3.63, 3.8) is 0 Å². The van der Waals surface area contributed by atoms with Gasteiger partial charge in [-0.15, -0.1) is 0 Å². The van der Waals surface area contributed by atoms with E-state index < -0.39 is 17.9 Å². The van der Waals surface area contributed by atoms with Crippen LogP contribution in [0.2, 0.25) is 0 Å². The molecule has 0 aliphatic heterocycles. The van der Waals surface area contributed by atoms with Crippen LogP contribution in [-0.4, -0.2) is 67.7 Å². The Morgan fingerprint density at radius 3 is 2.42 bits per heavy atom. The fourth-order valence-electron chi connectivity index (χ4n) is 1.78. The Morgan fingerprint density at radius 2 is 1.79 bits per heavy atom. The molecule has 1 atom stereocenters. The van der Waals surface area contributed by atoms with Crippen LogP contribution in [0.25, 0.3) is 0 Å². The number of aliphatic carboxylic acids is 1. The Balaban J connectivity index is 3.83. The molecule has 0 radical (unpaired) electrons. The lowest BCUT2D eigenvalue weighted by Gasteiger charge is -2.14. The molecule has 0 aromatic rings. The lowest BCUT2D eigenvalue weighted by molar-refractivity contribution is -0.142. The zero-order chi connectivity index (χ0) is 18.2. The van der Waals surface area contributed by atoms with E-state index in [1.165, 1.54) is 0 Å². The van der Waals surface area contributed by atoms with Gasteiger partial charge >= 0.3 is 5.97 Å². The van der Waals surface area contributed by atoms with E-state index in [0.717, 1.165) is 6.42 Å². The zero-order valence-electron chi connectivity index (χ0n) is 14.1. The number of unbranched alkanes of at least 4 members (excludes halogenated alkanes) is 1. The minimum Gasteiger partial charge on any atom is -0.480 e. The van der Waals surface area contributed by atoms with Gasteiger partial charge in [-0.1, -0.05) is 6.92 Å². The first-order chi connectivity index (χ1) is 11.5. The van der Waals surface area contributed by atoms with Crippen molar-refractivity contribution in [2.75, 3.05) is 38.7 Å². The number of carbonyl (C=O) groups is 3. The van der Waals surface area contributed by atoms with Crippen LogP contribution in [0.5, 0.6) is 0 Å². The average Bonchev–Trinajstić information content (AvgIpc) is 2.56. The second kappa shape index (κ2) is 15.2. The summed E-state index contributed by atoms with van der Waals surface area (Å²) in [4.78, 5) is 33.8. The number of hydrogen-bond acceptors (Lipinski definition) is 6. The van der Waals surface area contributed by atoms with Crippen LogP contribution in [0.3, 0.4) is 0 Å². The van der Waals surface area contributed by atoms with E-state index in [1.807, 2.05) is 6.92 Å². The summed E-state index contributed by atoms with van der Waals surface area (Å²) in [7, 11) is 0. The molecule has 0 aliphatic rings. The van der Waals surface area contributed by atoms with E-state index in [0.29, 0.717) is 32.6 Å². The highest BCUT2D eigenvalue weighted by atomic mass is 32.1. The maximum absolute atomic E-state index is 11.7. The third-order valence-electron chi connectivity index (χ3n) is 2.97. The summed E-state index contributed by atoms with van der Waals surface area (Å²) in [6.07, 6.45) is 2.40. The largest absolute Gasteiger partial charge is 0.480 e. The summed E-state index contributed by atoms with van der Waals surface area (Å²) >= 11 is 3.83. The molecule has 0 bridgehead atoms. The summed E-state index contributed by atoms with van der Waals surface area (Å²) in [5.41, 5.74) is 0. The molecule has 0 saturated carbocycles. The van der Waals surface area contributed by atoms with Gasteiger partial charge in [0.25, 0.3) is 0 Å². The molecule has 0 aromatic heterocycles. The molecule has 1 unspecified atom stereocenters. The van der Waals surface area contributed by atoms with Crippen LogP contribution in [0.4, 0.5) is 0 Å². The molecule has 2 amide bonds. The highest BCUT2D eigenvalue weighted by molar-refractivity contribution is 7.81. The van der Waals surface area contributed by atoms with Crippen LogP contribution in [-0.2, 0) is 23.9 Å². The van der Waals surface area contributed by atoms with Gasteiger partial charge in [-0.05, 0) is 25.7 Å². The topological polar surface area (TPSA) is 114 Å². The SMILES string of the molecule is CCCOCCOCC(=O)NC(CCCCNC(=O)CS)C(=O)O. The number of ether oxygens (including phenoxy) is 2. The number of rotatable bonds is 15. The Morgan fingerprint density at radius 1 is 1.08 bits per heavy atom. The van der Waals surface area contributed by atoms with Crippen molar-refractivity contribution in [2.45, 2.75) is 38.6 Å². The first-order valence-electron chi connectivity index (χ1n) is 8.06. The summed E-state index contributed by atoms with van der Waals surface area (Å²) in [5.74, 6) is -1.60. The molecular formula is C15H28N2O6S. The van der Waals surface area contributed by atoms with E-state index in [2.05, 4.69) is 23.3 Å². The lowest BCUT2D eigenvalue weighted by Crippen LogP contribution is -2.42. The van der Waals surface area contributed by atoms with Crippen molar-refractivity contribution in [2.24, 2.45) is 0 Å². The monoisotopic (exact) mass is 364 g/mol. The molecule has 24 heavy (non-hydrogen) atoms. The fourth-order valence-corrected chi connectivity index (χ4v) is 1.89. The molecule has 0 rings (SSSR count). The normalized spacial score (nSPS) is 11.8. The van der Waals surface area contributed by atoms with Gasteiger partial charge in [0.05, 0.1) is 19.0 Å². The average molecular weight is 364 g/mol. The summed E-state index contributed by atoms with van der Waals surface area (Å²) in [6, 6.07) is -0.960. The highest BCUT2D eigenvalue weighted by Gasteiger charge is 2.19. The minimum absolute atomic E-state index is 0.122. The predicted octanol–water partition coefficient (Wildman–Crippen LogP) is 0.215. The van der Waals surface area contributed by atoms with Crippen molar-refractivity contribution in [3.8, 4) is 0 Å². The molecule has 9 heteroatoms. The van der Waals surface area contributed by atoms with E-state index >= 15 is 0 Å². The predicted molar refractivity (Wildman–Crippen MR) is 92.2 cm³/mol. The standard InChI is InChI=1S/C15H28N2O6S/c1-2-7-22-8-9-23-10-13(18)17-12(15(20)21)5-3-4-6-16-14(19)11-24/h12,24H,2-11H2,1H3,(H,16,19)(H,17,18)(H,20,21). The number of carboxylic acid groups (broad SMARTS) is 1. The molecule has 0 aliphatic carbocycles. The third-order valence-corrected chi connectivity index (χ3v) is 3.26. The lowest BCUT2D eigenvalue weighted by atomic mass is 10.1. The molecule has 0 heterocycles. The Labute approximate surface area is 148 Å². The number of amides is 2. The summed E-state index contributed by atoms with van der Waals surface area (Å²) < 4.78 is 10.3. The molecule has 0 fully saturated rings. The number of hydrogen-bond donors (Lipinski definition) is 4. The maximum atomic E-state index is 11.7. The van der Waals surface area contributed by atoms with E-state index in [1.54, 1.807) is 0 Å². The second-order valence-electron chi connectivity index (χ2n) is 5.13. The number of carbonyl (C=O) groups excluding carboxylic acids is 2. The highest BCUT2D eigenvalue weighted by Crippen LogP contribution is 2.01. The van der Waals surface area contributed by atoms with E-state index in [9.17, 15) is 14.4 Å². The van der Waals surface area contributed by atoms with E-state index in [-0.39, 0.29) is 31.3 Å². The smallest absolute Gasteiger partial charge is 0.326 e. The van der Waals surface area contributed by atoms with Crippen LogP contribution in [0, 0.1) is 0 Å². The van der Waals surface area contributed by atoms with Gasteiger partial charge in [0.2, 0.25) is 11.8 Å². The van der Waals surface area contributed by atoms with Gasteiger partial charge in [-0.3, -0.25) is 9.59 Å². The van der Waals surface area contributed by atoms with Crippen molar-refractivity contribution in [1.82, 2.24) is 10.6 Å². The van der Waals surface area contributed by atoms with Gasteiger partial charge in [-0.25, -0.2) is 4.79 Å². The zero-order valence-corrected chi connectivity index (χ0v) is 15.0. The van der Waals surface area contributed by atoms with Gasteiger partial charge in [0.15, 0.2) is 0 Å². The Kier molecular flexibility index (Phi) is 14.4. The Bertz CT molecular complexity index is 381. The summed E-state index contributed by atoms with van der Waals surface area (Å²) in [6.45, 7) is 3.59. The van der Waals surface area contributed by atoms with Crippen LogP contribution in [0.15, 0.2) is 0 Å². The second-order valence-corrected chi connectivity index (χ2v) is 5.44. The molecule has 0 spiro atoms. The van der Waals surface area contributed by atoms with Crippen molar-refractivity contribution < 1.29 is 29.0 Å². The quantitative estimate of drug-likeness (QED) is 0.244. The maximum Gasteiger partial charge on any atom is 0.326 e. The van der Waals surface area contributed by atoms with Gasteiger partial charge in [0, 0.05) is 13.2 Å². The molecule has 3 N–H and O–H groups in total. The van der Waals surface area contributed by atoms with Crippen molar-refractivity contribution in [3.05, 3.63) is 0 Å². The minimum atomic E-state index is -1.09. The number of thiol groups is 1. The van der Waals surface area contributed by atoms with Crippen molar-refractivity contribution in [1.29, 1.82) is 0 Å². The molecule has 0 saturated heterocycles. The van der Waals surface area contributed by atoms with E-state index in [4.69, 9.17) is 14.6 Å². The third kappa shape index (κ3) is 13.1. The first-order valence-corrected chi connectivity index (χ1v) is 8.69. The first kappa shape index (κ1) is 22.7. The Hall–Kier alpha value is -1.32. The molecule has 8 nitrogen and oxygen atoms in total. The number of nitrogens with one attached hydrogen (secondary N) is 2. The van der Waals surface area contributed by atoms with Gasteiger partial charge in [-0.2, -0.15) is 12.6 Å². The van der Waals surface area contributed by atoms with Crippen LogP contribution >= 0.6 is 12.6 Å². The van der Waals surface area contributed by atoms with Crippen LogP contribution < -0.4 is 10.6 Å². The summed E-state index contributed by atoms with van der Waals surface area (Å²) in [5, 5.41) is 14.2. The molecule has 140 valence electrons. The van der Waals surface area contributed by atoms with Crippen molar-refractivity contribution >= 4 is 30.4 Å². The number of carboxylic acids is 1. The molecular weight excluding hydrogens is 336 g/mol. The van der Waals surface area contributed by atoms with Crippen LogP contribution in [0.1, 0.15) is 32.6 Å². The van der Waals surface area contributed by atoms with Gasteiger partial charge < -0.3 is 25.2 Å². The fraction of sp³-hybridized carbons (Fsp3) is 0.800. The van der Waals surface area contributed by atoms with Gasteiger partial charge in [0.1, 0.15) is 12.6 Å².